The van der Waals surface area contributed by atoms with Gasteiger partial charge < -0.3 is 4.90 Å². The number of alkyl halides is 2. The van der Waals surface area contributed by atoms with Crippen LogP contribution in [-0.4, -0.2) is 52.0 Å². The van der Waals surface area contributed by atoms with Crippen molar-refractivity contribution in [3.63, 3.8) is 0 Å². The number of nitrogens with zero attached hydrogens (tertiary/aromatic N) is 5. The third-order valence-electron chi connectivity index (χ3n) is 5.79. The summed E-state index contributed by atoms with van der Waals surface area (Å²) in [5.74, 6) is -0.0944. The van der Waals surface area contributed by atoms with Crippen LogP contribution in [0.2, 0.25) is 5.02 Å². The second-order valence-corrected chi connectivity index (χ2v) is 11.6. The third kappa shape index (κ3) is 4.03. The highest BCUT2D eigenvalue weighted by Gasteiger charge is 2.43. The standard InChI is InChI=1S/C21H17ClF3N5O2S2/c1-34(31,32)12-9-16-17(15-4-6-30(28-15)21(24)25)18(13-3-2-11(23)8-14(13)22)27-19(29(16)10-12)20-26-5-7-33-20/h2-8,12,18,21H,9-10H2,1H3/t12-,18-/m0/s1. The molecular formula is C21H17ClF3N5O2S2. The second kappa shape index (κ2) is 8.51. The molecule has 4 heterocycles. The van der Waals surface area contributed by atoms with Gasteiger partial charge in [0.1, 0.15) is 11.9 Å². The number of allylic oxidation sites excluding steroid dienone is 1. The van der Waals surface area contributed by atoms with Crippen LogP contribution in [0.15, 0.2) is 52.7 Å². The molecule has 0 bridgehead atoms. The molecule has 1 saturated heterocycles. The summed E-state index contributed by atoms with van der Waals surface area (Å²) in [6.07, 6.45) is 4.05. The Morgan fingerprint density at radius 3 is 2.68 bits per heavy atom. The number of thiazole rings is 1. The van der Waals surface area contributed by atoms with Crippen LogP contribution >= 0.6 is 22.9 Å². The van der Waals surface area contributed by atoms with Gasteiger partial charge in [-0.15, -0.1) is 11.3 Å². The fourth-order valence-corrected chi connectivity index (χ4v) is 6.00. The topological polar surface area (TPSA) is 80.4 Å². The maximum absolute atomic E-state index is 13.8. The van der Waals surface area contributed by atoms with Crippen LogP contribution in [0.25, 0.3) is 5.57 Å². The van der Waals surface area contributed by atoms with Gasteiger partial charge in [0.25, 0.3) is 0 Å². The van der Waals surface area contributed by atoms with Crippen LogP contribution in [0.5, 0.6) is 0 Å². The summed E-state index contributed by atoms with van der Waals surface area (Å²) >= 11 is 7.72. The van der Waals surface area contributed by atoms with E-state index in [0.29, 0.717) is 32.4 Å². The monoisotopic (exact) mass is 527 g/mol. The summed E-state index contributed by atoms with van der Waals surface area (Å²) in [7, 11) is -3.43. The van der Waals surface area contributed by atoms with Crippen LogP contribution in [-0.2, 0) is 9.84 Å². The Morgan fingerprint density at radius 2 is 2.06 bits per heavy atom. The number of aliphatic imine (C=N–C) groups is 1. The van der Waals surface area contributed by atoms with Crippen LogP contribution in [0.3, 0.4) is 0 Å². The molecule has 2 aliphatic rings. The number of sulfone groups is 1. The predicted molar refractivity (Wildman–Crippen MR) is 123 cm³/mol. The smallest absolute Gasteiger partial charge is 0.326 e. The Labute approximate surface area is 202 Å². The van der Waals surface area contributed by atoms with Gasteiger partial charge in [-0.1, -0.05) is 17.7 Å². The summed E-state index contributed by atoms with van der Waals surface area (Å²) in [4.78, 5) is 10.9. The molecule has 5 rings (SSSR count). The third-order valence-corrected chi connectivity index (χ3v) is 8.42. The van der Waals surface area contributed by atoms with Gasteiger partial charge >= 0.3 is 6.55 Å². The number of fused-ring (bicyclic) bond motifs is 1. The van der Waals surface area contributed by atoms with Crippen LogP contribution < -0.4 is 0 Å². The van der Waals surface area contributed by atoms with E-state index in [2.05, 4.69) is 10.1 Å². The minimum Gasteiger partial charge on any atom is -0.326 e. The van der Waals surface area contributed by atoms with Gasteiger partial charge in [0.05, 0.1) is 10.9 Å². The SMILES string of the molecule is CS(=O)(=O)[C@H]1CC2=C(c3ccn(C(F)F)n3)[C@H](c3ccc(F)cc3Cl)N=C(c3nccs3)N2C1. The molecule has 0 aliphatic carbocycles. The van der Waals surface area contributed by atoms with Gasteiger partial charge in [0.2, 0.25) is 0 Å². The van der Waals surface area contributed by atoms with Crippen molar-refractivity contribution in [2.24, 2.45) is 4.99 Å². The lowest BCUT2D eigenvalue weighted by Crippen LogP contribution is -2.35. The fourth-order valence-electron chi connectivity index (χ4n) is 4.21. The fraction of sp³-hybridized carbons (Fsp3) is 0.286. The van der Waals surface area contributed by atoms with Crippen molar-refractivity contribution in [3.8, 4) is 0 Å². The lowest BCUT2D eigenvalue weighted by molar-refractivity contribution is 0.0564. The molecule has 0 spiro atoms. The van der Waals surface area contributed by atoms with E-state index in [0.717, 1.165) is 18.5 Å². The number of benzene rings is 1. The first kappa shape index (κ1) is 23.1. The Balaban J connectivity index is 1.76. The zero-order valence-corrected chi connectivity index (χ0v) is 20.0. The van der Waals surface area contributed by atoms with Crippen molar-refractivity contribution in [2.75, 3.05) is 12.8 Å². The summed E-state index contributed by atoms with van der Waals surface area (Å²) in [6, 6.07) is 4.46. The molecule has 0 radical (unpaired) electrons. The Morgan fingerprint density at radius 1 is 1.26 bits per heavy atom. The highest BCUT2D eigenvalue weighted by atomic mass is 35.5. The Kier molecular flexibility index (Phi) is 5.77. The average Bonchev–Trinajstić information content (AvgIpc) is 3.52. The molecule has 0 unspecified atom stereocenters. The summed E-state index contributed by atoms with van der Waals surface area (Å²) in [5.41, 5.74) is 1.68. The molecule has 0 N–H and O–H groups in total. The summed E-state index contributed by atoms with van der Waals surface area (Å²) in [5, 5.41) is 5.72. The maximum atomic E-state index is 13.8. The quantitative estimate of drug-likeness (QED) is 0.486. The predicted octanol–water partition coefficient (Wildman–Crippen LogP) is 4.56. The largest absolute Gasteiger partial charge is 0.333 e. The van der Waals surface area contributed by atoms with Gasteiger partial charge in [-0.3, -0.25) is 4.99 Å². The van der Waals surface area contributed by atoms with Crippen molar-refractivity contribution in [1.82, 2.24) is 19.7 Å². The molecule has 13 heteroatoms. The summed E-state index contributed by atoms with van der Waals surface area (Å²) in [6.45, 7) is -2.72. The molecule has 7 nitrogen and oxygen atoms in total. The molecule has 2 aromatic heterocycles. The van der Waals surface area contributed by atoms with E-state index in [4.69, 9.17) is 16.6 Å². The highest BCUT2D eigenvalue weighted by Crippen LogP contribution is 2.46. The molecule has 3 aromatic rings. The molecular weight excluding hydrogens is 511 g/mol. The minimum absolute atomic E-state index is 0.102. The molecule has 1 aromatic carbocycles. The molecule has 0 saturated carbocycles. The normalized spacial score (nSPS) is 20.8. The average molecular weight is 528 g/mol. The van der Waals surface area contributed by atoms with Crippen LogP contribution in [0, 0.1) is 5.82 Å². The van der Waals surface area contributed by atoms with Crippen molar-refractivity contribution < 1.29 is 21.6 Å². The minimum atomic E-state index is -3.43. The second-order valence-electron chi connectivity index (χ2n) is 7.94. The van der Waals surface area contributed by atoms with Gasteiger partial charge in [-0.25, -0.2) is 22.5 Å². The van der Waals surface area contributed by atoms with E-state index < -0.39 is 33.5 Å². The number of rotatable bonds is 5. The number of hydrogen-bond acceptors (Lipinski definition) is 7. The zero-order valence-electron chi connectivity index (χ0n) is 17.6. The van der Waals surface area contributed by atoms with Crippen molar-refractivity contribution >= 4 is 44.2 Å². The highest BCUT2D eigenvalue weighted by molar-refractivity contribution is 7.91. The Hall–Kier alpha value is -2.70. The first-order chi connectivity index (χ1) is 16.1. The van der Waals surface area contributed by atoms with E-state index in [9.17, 15) is 21.6 Å². The van der Waals surface area contributed by atoms with E-state index in [1.807, 2.05) is 0 Å². The molecule has 2 atom stereocenters. The van der Waals surface area contributed by atoms with Gasteiger partial charge in [0.15, 0.2) is 20.7 Å². The van der Waals surface area contributed by atoms with E-state index in [-0.39, 0.29) is 23.7 Å². The molecule has 1 fully saturated rings. The molecule has 178 valence electrons. The summed E-state index contributed by atoms with van der Waals surface area (Å²) < 4.78 is 65.9. The number of aromatic nitrogens is 3. The van der Waals surface area contributed by atoms with E-state index in [1.54, 1.807) is 16.5 Å². The van der Waals surface area contributed by atoms with E-state index in [1.165, 1.54) is 29.5 Å². The van der Waals surface area contributed by atoms with Gasteiger partial charge in [-0.05, 0) is 18.2 Å². The first-order valence-corrected chi connectivity index (χ1v) is 13.3. The molecule has 2 aliphatic heterocycles. The Bertz CT molecular complexity index is 1420. The van der Waals surface area contributed by atoms with E-state index >= 15 is 0 Å². The number of hydrogen-bond donors (Lipinski definition) is 0. The van der Waals surface area contributed by atoms with Gasteiger partial charge in [0, 0.05) is 58.9 Å². The molecule has 0 amide bonds. The van der Waals surface area contributed by atoms with Crippen LogP contribution in [0.4, 0.5) is 13.2 Å². The number of amidine groups is 1. The van der Waals surface area contributed by atoms with Crippen molar-refractivity contribution in [3.05, 3.63) is 74.8 Å². The maximum Gasteiger partial charge on any atom is 0.333 e. The number of halogens is 4. The van der Waals surface area contributed by atoms with Crippen molar-refractivity contribution in [1.29, 1.82) is 0 Å². The van der Waals surface area contributed by atoms with Crippen LogP contribution in [0.1, 0.15) is 35.3 Å². The molecule has 34 heavy (non-hydrogen) atoms. The lowest BCUT2D eigenvalue weighted by Gasteiger charge is -2.32. The van der Waals surface area contributed by atoms with Gasteiger partial charge in [-0.2, -0.15) is 13.9 Å². The lowest BCUT2D eigenvalue weighted by atomic mass is 9.92. The van der Waals surface area contributed by atoms with Crippen molar-refractivity contribution in [2.45, 2.75) is 24.3 Å². The first-order valence-electron chi connectivity index (χ1n) is 10.1. The zero-order chi connectivity index (χ0) is 24.2.